The quantitative estimate of drug-likeness (QED) is 0.601. The third-order valence-corrected chi connectivity index (χ3v) is 1.89. The normalized spacial score (nSPS) is 10.1. The van der Waals surface area contributed by atoms with Crippen molar-refractivity contribution in [2.75, 3.05) is 12.4 Å². The van der Waals surface area contributed by atoms with E-state index in [0.717, 1.165) is 6.20 Å². The zero-order valence-electron chi connectivity index (χ0n) is 8.36. The molecule has 82 valence electrons. The van der Waals surface area contributed by atoms with Gasteiger partial charge in [-0.25, -0.2) is 9.67 Å². The minimum atomic E-state index is -0.545. The Hall–Kier alpha value is -2.51. The van der Waals surface area contributed by atoms with Crippen molar-refractivity contribution in [2.24, 2.45) is 0 Å². The topological polar surface area (TPSA) is 98.8 Å². The summed E-state index contributed by atoms with van der Waals surface area (Å²) >= 11 is 0. The monoisotopic (exact) mass is 220 g/mol. The maximum Gasteiger partial charge on any atom is 0.332 e. The van der Waals surface area contributed by atoms with Crippen LogP contribution in [-0.2, 0) is 0 Å². The lowest BCUT2D eigenvalue weighted by molar-refractivity contribution is -0.385. The highest BCUT2D eigenvalue weighted by Gasteiger charge is 2.18. The predicted molar refractivity (Wildman–Crippen MR) is 55.4 cm³/mol. The largest absolute Gasteiger partial charge is 0.357 e. The summed E-state index contributed by atoms with van der Waals surface area (Å²) in [7, 11) is 1.63. The molecule has 2 aromatic heterocycles. The Morgan fingerprint density at radius 2 is 2.38 bits per heavy atom. The number of rotatable bonds is 3. The molecule has 0 bridgehead atoms. The molecule has 16 heavy (non-hydrogen) atoms. The van der Waals surface area contributed by atoms with Crippen LogP contribution in [0, 0.1) is 10.1 Å². The van der Waals surface area contributed by atoms with Gasteiger partial charge in [-0.1, -0.05) is 0 Å². The van der Waals surface area contributed by atoms with Gasteiger partial charge in [0.25, 0.3) is 0 Å². The van der Waals surface area contributed by atoms with Crippen molar-refractivity contribution in [3.05, 3.63) is 34.8 Å². The van der Waals surface area contributed by atoms with Crippen LogP contribution in [0.3, 0.4) is 0 Å². The van der Waals surface area contributed by atoms with Crippen LogP contribution in [0.15, 0.2) is 24.7 Å². The molecule has 0 aromatic carbocycles. The van der Waals surface area contributed by atoms with Crippen LogP contribution in [0.5, 0.6) is 0 Å². The molecular weight excluding hydrogens is 212 g/mol. The van der Waals surface area contributed by atoms with Crippen LogP contribution in [0.1, 0.15) is 0 Å². The maximum absolute atomic E-state index is 10.8. The van der Waals surface area contributed by atoms with Gasteiger partial charge in [0.05, 0.1) is 4.92 Å². The molecule has 0 aliphatic carbocycles. The third kappa shape index (κ3) is 1.67. The van der Waals surface area contributed by atoms with E-state index in [2.05, 4.69) is 20.4 Å². The SMILES string of the molecule is CNc1ncc([N+](=O)[O-])c(-n2cccn2)n1. The molecule has 0 atom stereocenters. The van der Waals surface area contributed by atoms with Gasteiger partial charge in [0.15, 0.2) is 0 Å². The lowest BCUT2D eigenvalue weighted by atomic mass is 10.5. The Morgan fingerprint density at radius 3 is 2.94 bits per heavy atom. The molecule has 2 aromatic rings. The van der Waals surface area contributed by atoms with E-state index in [4.69, 9.17) is 0 Å². The lowest BCUT2D eigenvalue weighted by Gasteiger charge is -2.03. The Morgan fingerprint density at radius 1 is 1.56 bits per heavy atom. The number of anilines is 1. The summed E-state index contributed by atoms with van der Waals surface area (Å²) in [4.78, 5) is 18.0. The van der Waals surface area contributed by atoms with Crippen LogP contribution < -0.4 is 5.32 Å². The molecule has 8 heteroatoms. The maximum atomic E-state index is 10.8. The van der Waals surface area contributed by atoms with E-state index in [0.29, 0.717) is 5.95 Å². The minimum absolute atomic E-state index is 0.134. The fourth-order valence-corrected chi connectivity index (χ4v) is 1.18. The standard InChI is InChI=1S/C8H8N6O2/c1-9-8-10-5-6(14(15)16)7(12-8)13-4-2-3-11-13/h2-5H,1H3,(H,9,10,12). The van der Waals surface area contributed by atoms with Crippen molar-refractivity contribution >= 4 is 11.6 Å². The first-order valence-corrected chi connectivity index (χ1v) is 4.41. The first-order valence-electron chi connectivity index (χ1n) is 4.41. The van der Waals surface area contributed by atoms with E-state index in [1.54, 1.807) is 19.3 Å². The number of hydrogen-bond donors (Lipinski definition) is 1. The molecule has 0 saturated heterocycles. The number of aromatic nitrogens is 4. The highest BCUT2D eigenvalue weighted by atomic mass is 16.6. The van der Waals surface area contributed by atoms with E-state index in [-0.39, 0.29) is 11.5 Å². The smallest absolute Gasteiger partial charge is 0.332 e. The van der Waals surface area contributed by atoms with E-state index < -0.39 is 4.92 Å². The summed E-state index contributed by atoms with van der Waals surface area (Å²) < 4.78 is 1.32. The Labute approximate surface area is 90.1 Å². The van der Waals surface area contributed by atoms with Gasteiger partial charge < -0.3 is 5.32 Å². The molecule has 0 radical (unpaired) electrons. The van der Waals surface area contributed by atoms with Gasteiger partial charge in [-0.3, -0.25) is 10.1 Å². The summed E-state index contributed by atoms with van der Waals surface area (Å²) in [6.45, 7) is 0. The number of hydrogen-bond acceptors (Lipinski definition) is 6. The Kier molecular flexibility index (Phi) is 2.46. The third-order valence-electron chi connectivity index (χ3n) is 1.89. The molecule has 0 aliphatic heterocycles. The molecule has 0 aliphatic rings. The molecule has 0 amide bonds. The average molecular weight is 220 g/mol. The van der Waals surface area contributed by atoms with Crippen molar-refractivity contribution in [3.8, 4) is 5.82 Å². The first-order chi connectivity index (χ1) is 7.72. The molecule has 8 nitrogen and oxygen atoms in total. The second-order valence-electron chi connectivity index (χ2n) is 2.86. The molecule has 0 unspecified atom stereocenters. The van der Waals surface area contributed by atoms with Crippen molar-refractivity contribution in [2.45, 2.75) is 0 Å². The van der Waals surface area contributed by atoms with Gasteiger partial charge in [0.1, 0.15) is 6.20 Å². The molecule has 0 saturated carbocycles. The zero-order valence-corrected chi connectivity index (χ0v) is 8.36. The van der Waals surface area contributed by atoms with Gasteiger partial charge in [0.2, 0.25) is 11.8 Å². The van der Waals surface area contributed by atoms with Crippen molar-refractivity contribution in [3.63, 3.8) is 0 Å². The molecule has 2 rings (SSSR count). The molecule has 1 N–H and O–H groups in total. The van der Waals surface area contributed by atoms with Crippen LogP contribution in [0.4, 0.5) is 11.6 Å². The lowest BCUT2D eigenvalue weighted by Crippen LogP contribution is -2.07. The van der Waals surface area contributed by atoms with Crippen molar-refractivity contribution in [1.29, 1.82) is 0 Å². The van der Waals surface area contributed by atoms with Crippen LogP contribution in [0.25, 0.3) is 5.82 Å². The van der Waals surface area contributed by atoms with E-state index in [1.165, 1.54) is 10.9 Å². The molecular formula is C8H8N6O2. The van der Waals surface area contributed by atoms with Crippen molar-refractivity contribution < 1.29 is 4.92 Å². The molecule has 0 spiro atoms. The minimum Gasteiger partial charge on any atom is -0.357 e. The summed E-state index contributed by atoms with van der Waals surface area (Å²) in [5, 5.41) is 17.4. The number of nitrogens with zero attached hydrogens (tertiary/aromatic N) is 5. The Bertz CT molecular complexity index is 509. The van der Waals surface area contributed by atoms with E-state index in [1.807, 2.05) is 0 Å². The van der Waals surface area contributed by atoms with E-state index >= 15 is 0 Å². The van der Waals surface area contributed by atoms with Crippen LogP contribution in [-0.4, -0.2) is 31.7 Å². The first kappa shape index (κ1) is 10.0. The van der Waals surface area contributed by atoms with Gasteiger partial charge in [-0.15, -0.1) is 0 Å². The Balaban J connectivity index is 2.59. The van der Waals surface area contributed by atoms with Gasteiger partial charge in [-0.2, -0.15) is 10.1 Å². The zero-order chi connectivity index (χ0) is 11.5. The van der Waals surface area contributed by atoms with E-state index in [9.17, 15) is 10.1 Å². The summed E-state index contributed by atoms with van der Waals surface area (Å²) in [5.74, 6) is 0.436. The van der Waals surface area contributed by atoms with Crippen molar-refractivity contribution in [1.82, 2.24) is 19.7 Å². The molecule has 2 heterocycles. The van der Waals surface area contributed by atoms with Gasteiger partial charge >= 0.3 is 5.69 Å². The average Bonchev–Trinajstić information content (AvgIpc) is 2.81. The summed E-state index contributed by atoms with van der Waals surface area (Å²) in [6.07, 6.45) is 4.25. The number of nitrogens with one attached hydrogen (secondary N) is 1. The van der Waals surface area contributed by atoms with Gasteiger partial charge in [-0.05, 0) is 6.07 Å². The highest BCUT2D eigenvalue weighted by Crippen LogP contribution is 2.19. The number of nitro groups is 1. The fraction of sp³-hybridized carbons (Fsp3) is 0.125. The van der Waals surface area contributed by atoms with Crippen LogP contribution in [0.2, 0.25) is 0 Å². The van der Waals surface area contributed by atoms with Gasteiger partial charge in [0, 0.05) is 19.4 Å². The van der Waals surface area contributed by atoms with Crippen LogP contribution >= 0.6 is 0 Å². The second-order valence-corrected chi connectivity index (χ2v) is 2.86. The fourth-order valence-electron chi connectivity index (χ4n) is 1.18. The predicted octanol–water partition coefficient (Wildman–Crippen LogP) is 0.612. The summed E-state index contributed by atoms with van der Waals surface area (Å²) in [5.41, 5.74) is -0.192. The summed E-state index contributed by atoms with van der Waals surface area (Å²) in [6, 6.07) is 1.66. The highest BCUT2D eigenvalue weighted by molar-refractivity contribution is 5.47. The molecule has 0 fully saturated rings. The second kappa shape index (κ2) is 3.93.